The molecule has 2 aromatic rings. The summed E-state index contributed by atoms with van der Waals surface area (Å²) in [7, 11) is 3.65. The normalized spacial score (nSPS) is 20.1. The highest BCUT2D eigenvalue weighted by Gasteiger charge is 2.36. The number of methoxy groups -OCH3 is 1. The number of nitrogens with zero attached hydrogens (tertiary/aromatic N) is 4. The molecule has 1 amide bonds. The zero-order valence-corrected chi connectivity index (χ0v) is 15.6. The Morgan fingerprint density at radius 2 is 2.31 bits per heavy atom. The van der Waals surface area contributed by atoms with Crippen molar-refractivity contribution in [1.82, 2.24) is 19.9 Å². The van der Waals surface area contributed by atoms with E-state index in [0.29, 0.717) is 26.2 Å². The lowest BCUT2D eigenvalue weighted by molar-refractivity contribution is -0.131. The maximum absolute atomic E-state index is 12.7. The minimum atomic E-state index is 0.0213. The van der Waals surface area contributed by atoms with Crippen LogP contribution in [0.15, 0.2) is 35.1 Å². The number of likely N-dealkylation sites (tertiary alicyclic amines) is 1. The first kappa shape index (κ1) is 18.5. The van der Waals surface area contributed by atoms with E-state index in [0.717, 1.165) is 23.4 Å². The van der Waals surface area contributed by atoms with E-state index in [9.17, 15) is 4.79 Å². The number of aryl methyl sites for hydroxylation is 1. The zero-order valence-electron chi connectivity index (χ0n) is 15.6. The molecule has 26 heavy (non-hydrogen) atoms. The lowest BCUT2D eigenvalue weighted by atomic mass is 10.0. The second kappa shape index (κ2) is 8.42. The molecule has 1 fully saturated rings. The second-order valence-electron chi connectivity index (χ2n) is 7.01. The molecule has 140 valence electrons. The number of rotatable bonds is 7. The van der Waals surface area contributed by atoms with Crippen molar-refractivity contribution < 1.29 is 14.1 Å². The van der Waals surface area contributed by atoms with Gasteiger partial charge in [0.05, 0.1) is 18.3 Å². The van der Waals surface area contributed by atoms with Gasteiger partial charge in [-0.05, 0) is 25.6 Å². The molecule has 0 bridgehead atoms. The number of amides is 1. The van der Waals surface area contributed by atoms with Crippen LogP contribution in [0.3, 0.4) is 0 Å². The number of ether oxygens (including phenoxy) is 1. The topological polar surface area (TPSA) is 71.7 Å². The van der Waals surface area contributed by atoms with E-state index in [1.54, 1.807) is 13.3 Å². The highest BCUT2D eigenvalue weighted by molar-refractivity contribution is 5.78. The maximum atomic E-state index is 12.7. The molecule has 7 nitrogen and oxygen atoms in total. The van der Waals surface area contributed by atoms with Crippen LogP contribution in [-0.2, 0) is 22.5 Å². The molecule has 7 heteroatoms. The maximum Gasteiger partial charge on any atom is 0.236 e. The molecule has 0 N–H and O–H groups in total. The summed E-state index contributed by atoms with van der Waals surface area (Å²) in [5.74, 6) is 1.19. The molecule has 1 saturated heterocycles. The molecule has 2 aromatic heterocycles. The summed E-state index contributed by atoms with van der Waals surface area (Å²) < 4.78 is 10.9. The Balaban J connectivity index is 1.54. The highest BCUT2D eigenvalue weighted by Crippen LogP contribution is 2.24. The Morgan fingerprint density at radius 3 is 2.96 bits per heavy atom. The number of pyridine rings is 1. The van der Waals surface area contributed by atoms with Crippen LogP contribution in [0, 0.1) is 12.8 Å². The quantitative estimate of drug-likeness (QED) is 0.747. The van der Waals surface area contributed by atoms with Crippen LogP contribution >= 0.6 is 0 Å². The van der Waals surface area contributed by atoms with Crippen molar-refractivity contribution in [3.8, 4) is 0 Å². The van der Waals surface area contributed by atoms with Crippen LogP contribution in [0.1, 0.15) is 17.0 Å². The van der Waals surface area contributed by atoms with Crippen LogP contribution in [0.4, 0.5) is 0 Å². The van der Waals surface area contributed by atoms with Gasteiger partial charge < -0.3 is 14.2 Å². The third kappa shape index (κ3) is 4.68. The fourth-order valence-corrected chi connectivity index (χ4v) is 3.47. The van der Waals surface area contributed by atoms with Crippen molar-refractivity contribution in [3.63, 3.8) is 0 Å². The fraction of sp³-hybridized carbons (Fsp3) is 0.526. The highest BCUT2D eigenvalue weighted by atomic mass is 16.5. The molecule has 0 unspecified atom stereocenters. The van der Waals surface area contributed by atoms with Gasteiger partial charge in [-0.2, -0.15) is 0 Å². The SMILES string of the molecule is CO[C@H]1CN(C(=O)CN(C)Cc2cccnc2)C[C@H]1Cc1cc(C)no1. The molecule has 1 aliphatic rings. The average molecular weight is 358 g/mol. The summed E-state index contributed by atoms with van der Waals surface area (Å²) in [6.07, 6.45) is 4.33. The van der Waals surface area contributed by atoms with Gasteiger partial charge in [-0.15, -0.1) is 0 Å². The molecule has 0 aromatic carbocycles. The third-order valence-electron chi connectivity index (χ3n) is 4.76. The molecule has 0 spiro atoms. The summed E-state index contributed by atoms with van der Waals surface area (Å²) in [6, 6.07) is 5.86. The van der Waals surface area contributed by atoms with Crippen LogP contribution in [-0.4, -0.2) is 65.7 Å². The minimum absolute atomic E-state index is 0.0213. The van der Waals surface area contributed by atoms with Gasteiger partial charge in [0.15, 0.2) is 0 Å². The first-order chi connectivity index (χ1) is 12.5. The van der Waals surface area contributed by atoms with Crippen molar-refractivity contribution in [2.75, 3.05) is 33.8 Å². The summed E-state index contributed by atoms with van der Waals surface area (Å²) >= 11 is 0. The Hall–Kier alpha value is -2.25. The standard InChI is InChI=1S/C19H26N4O3/c1-14-7-17(26-21-14)8-16-11-23(12-18(16)25-3)19(24)13-22(2)10-15-5-4-6-20-9-15/h4-7,9,16,18H,8,10-13H2,1-3H3/t16-,18+/m1/s1. The number of aromatic nitrogens is 2. The van der Waals surface area contributed by atoms with Gasteiger partial charge in [0.2, 0.25) is 5.91 Å². The molecule has 3 heterocycles. The molecule has 3 rings (SSSR count). The average Bonchev–Trinajstić information content (AvgIpc) is 3.22. The third-order valence-corrected chi connectivity index (χ3v) is 4.76. The van der Waals surface area contributed by atoms with Crippen LogP contribution in [0.2, 0.25) is 0 Å². The van der Waals surface area contributed by atoms with Gasteiger partial charge in [-0.3, -0.25) is 14.7 Å². The van der Waals surface area contributed by atoms with Crippen molar-refractivity contribution in [2.45, 2.75) is 26.0 Å². The molecular formula is C19H26N4O3. The summed E-state index contributed by atoms with van der Waals surface area (Å²) in [5, 5.41) is 3.93. The van der Waals surface area contributed by atoms with Crippen molar-refractivity contribution in [3.05, 3.63) is 47.6 Å². The first-order valence-electron chi connectivity index (χ1n) is 8.85. The summed E-state index contributed by atoms with van der Waals surface area (Å²) in [5.41, 5.74) is 1.97. The van der Waals surface area contributed by atoms with Crippen molar-refractivity contribution in [1.29, 1.82) is 0 Å². The number of carbonyl (C=O) groups is 1. The Bertz CT molecular complexity index is 719. The lowest BCUT2D eigenvalue weighted by Gasteiger charge is -2.21. The smallest absolute Gasteiger partial charge is 0.236 e. The summed E-state index contributed by atoms with van der Waals surface area (Å²) in [4.78, 5) is 20.7. The van der Waals surface area contributed by atoms with E-state index in [1.807, 2.05) is 48.2 Å². The molecule has 2 atom stereocenters. The number of carbonyl (C=O) groups excluding carboxylic acids is 1. The van der Waals surface area contributed by atoms with E-state index < -0.39 is 0 Å². The largest absolute Gasteiger partial charge is 0.379 e. The van der Waals surface area contributed by atoms with Gasteiger partial charge in [0, 0.05) is 57.5 Å². The molecule has 0 radical (unpaired) electrons. The second-order valence-corrected chi connectivity index (χ2v) is 7.01. The molecule has 0 saturated carbocycles. The van der Waals surface area contributed by atoms with Gasteiger partial charge in [0.25, 0.3) is 0 Å². The van der Waals surface area contributed by atoms with E-state index in [1.165, 1.54) is 0 Å². The summed E-state index contributed by atoms with van der Waals surface area (Å²) in [6.45, 7) is 4.27. The van der Waals surface area contributed by atoms with Crippen LogP contribution < -0.4 is 0 Å². The van der Waals surface area contributed by atoms with Crippen molar-refractivity contribution in [2.24, 2.45) is 5.92 Å². The van der Waals surface area contributed by atoms with Gasteiger partial charge in [-0.1, -0.05) is 11.2 Å². The minimum Gasteiger partial charge on any atom is -0.379 e. The fourth-order valence-electron chi connectivity index (χ4n) is 3.47. The van der Waals surface area contributed by atoms with E-state index >= 15 is 0 Å². The van der Waals surface area contributed by atoms with Crippen molar-refractivity contribution >= 4 is 5.91 Å². The number of likely N-dealkylation sites (N-methyl/N-ethyl adjacent to an activating group) is 1. The van der Waals surface area contributed by atoms with E-state index in [2.05, 4.69) is 10.1 Å². The zero-order chi connectivity index (χ0) is 18.5. The molecular weight excluding hydrogens is 332 g/mol. The van der Waals surface area contributed by atoms with Crippen LogP contribution in [0.5, 0.6) is 0 Å². The predicted molar refractivity (Wildman–Crippen MR) is 96.4 cm³/mol. The molecule has 1 aliphatic heterocycles. The predicted octanol–water partition coefficient (Wildman–Crippen LogP) is 1.53. The lowest BCUT2D eigenvalue weighted by Crippen LogP contribution is -2.38. The van der Waals surface area contributed by atoms with Gasteiger partial charge >= 0.3 is 0 Å². The van der Waals surface area contributed by atoms with Gasteiger partial charge in [0.1, 0.15) is 5.76 Å². The van der Waals surface area contributed by atoms with E-state index in [-0.39, 0.29) is 17.9 Å². The number of hydrogen-bond acceptors (Lipinski definition) is 6. The molecule has 0 aliphatic carbocycles. The Morgan fingerprint density at radius 1 is 1.46 bits per heavy atom. The van der Waals surface area contributed by atoms with Gasteiger partial charge in [-0.25, -0.2) is 0 Å². The van der Waals surface area contributed by atoms with E-state index in [4.69, 9.17) is 9.26 Å². The monoisotopic (exact) mass is 358 g/mol. The Labute approximate surface area is 153 Å². The Kier molecular flexibility index (Phi) is 6.00. The number of hydrogen-bond donors (Lipinski definition) is 0. The van der Waals surface area contributed by atoms with Crippen LogP contribution in [0.25, 0.3) is 0 Å². The first-order valence-corrected chi connectivity index (χ1v) is 8.85.